The Kier molecular flexibility index (Phi) is 3.53. The highest BCUT2D eigenvalue weighted by Gasteiger charge is 2.09. The lowest BCUT2D eigenvalue weighted by Crippen LogP contribution is -2.17. The minimum absolute atomic E-state index is 0.254. The predicted molar refractivity (Wildman–Crippen MR) is 63.3 cm³/mol. The van der Waals surface area contributed by atoms with Crippen molar-refractivity contribution in [2.24, 2.45) is 5.73 Å². The zero-order chi connectivity index (χ0) is 11.4. The quantitative estimate of drug-likeness (QED) is 0.828. The number of nitrogens with zero attached hydrogens (tertiary/aromatic N) is 2. The molecule has 0 aliphatic rings. The third kappa shape index (κ3) is 2.80. The van der Waals surface area contributed by atoms with Crippen molar-refractivity contribution in [1.82, 2.24) is 10.2 Å². The van der Waals surface area contributed by atoms with Crippen LogP contribution in [0.5, 0.6) is 0 Å². The molecule has 5 nitrogen and oxygen atoms in total. The van der Waals surface area contributed by atoms with Gasteiger partial charge in [0, 0.05) is 17.3 Å². The summed E-state index contributed by atoms with van der Waals surface area (Å²) in [7, 11) is 0. The minimum Gasteiger partial charge on any atom is -0.407 e. The van der Waals surface area contributed by atoms with E-state index in [-0.39, 0.29) is 12.6 Å². The molecule has 0 fully saturated rings. The van der Waals surface area contributed by atoms with Gasteiger partial charge in [-0.05, 0) is 18.4 Å². The maximum absolute atomic E-state index is 5.38. The summed E-state index contributed by atoms with van der Waals surface area (Å²) < 4.78 is 5.27. The van der Waals surface area contributed by atoms with Gasteiger partial charge in [-0.15, -0.1) is 16.4 Å². The number of nitrogens with one attached hydrogen (secondary N) is 1. The Morgan fingerprint density at radius 3 is 3.06 bits per heavy atom. The highest BCUT2D eigenvalue weighted by atomic mass is 32.1. The van der Waals surface area contributed by atoms with Gasteiger partial charge in [-0.25, -0.2) is 0 Å². The summed E-state index contributed by atoms with van der Waals surface area (Å²) in [4.78, 5) is 1.33. The van der Waals surface area contributed by atoms with E-state index in [0.29, 0.717) is 11.9 Å². The van der Waals surface area contributed by atoms with Crippen molar-refractivity contribution in [2.45, 2.75) is 25.9 Å². The van der Waals surface area contributed by atoms with Crippen LogP contribution in [0.25, 0.3) is 0 Å². The molecule has 0 spiro atoms. The Morgan fingerprint density at radius 2 is 2.44 bits per heavy atom. The van der Waals surface area contributed by atoms with E-state index < -0.39 is 0 Å². The van der Waals surface area contributed by atoms with Gasteiger partial charge in [0.25, 0.3) is 0 Å². The molecule has 2 heterocycles. The smallest absolute Gasteiger partial charge is 0.315 e. The number of rotatable bonds is 5. The van der Waals surface area contributed by atoms with E-state index in [1.54, 1.807) is 11.3 Å². The number of aromatic nitrogens is 2. The summed E-state index contributed by atoms with van der Waals surface area (Å²) in [6, 6.07) is 4.85. The second-order valence-corrected chi connectivity index (χ2v) is 4.57. The minimum atomic E-state index is 0.254. The topological polar surface area (TPSA) is 77.0 Å². The number of thiophene rings is 1. The normalized spacial score (nSPS) is 12.6. The average Bonchev–Trinajstić information content (AvgIpc) is 2.89. The molecule has 0 saturated heterocycles. The van der Waals surface area contributed by atoms with E-state index in [9.17, 15) is 0 Å². The van der Waals surface area contributed by atoms with E-state index in [0.717, 1.165) is 6.42 Å². The van der Waals surface area contributed by atoms with Crippen LogP contribution in [0.2, 0.25) is 0 Å². The molecule has 0 saturated carbocycles. The standard InChI is InChI=1S/C10H14N4OS/c1-7(5-8-3-2-4-16-8)12-10-14-13-9(6-11)15-10/h2-4,7H,5-6,11H2,1H3,(H,12,14). The molecule has 0 aromatic carbocycles. The van der Waals surface area contributed by atoms with Gasteiger partial charge in [0.1, 0.15) is 0 Å². The first-order valence-electron chi connectivity index (χ1n) is 5.09. The van der Waals surface area contributed by atoms with E-state index in [1.165, 1.54) is 4.88 Å². The molecular formula is C10H14N4OS. The van der Waals surface area contributed by atoms with Crippen LogP contribution in [-0.2, 0) is 13.0 Å². The maximum atomic E-state index is 5.38. The molecule has 2 rings (SSSR count). The molecule has 2 aromatic heterocycles. The van der Waals surface area contributed by atoms with Crippen molar-refractivity contribution in [3.8, 4) is 0 Å². The summed E-state index contributed by atoms with van der Waals surface area (Å²) in [5, 5.41) is 12.9. The third-order valence-corrected chi connectivity index (χ3v) is 3.00. The largest absolute Gasteiger partial charge is 0.407 e. The molecular weight excluding hydrogens is 224 g/mol. The van der Waals surface area contributed by atoms with Gasteiger partial charge in [0.2, 0.25) is 5.89 Å². The van der Waals surface area contributed by atoms with Crippen LogP contribution in [-0.4, -0.2) is 16.2 Å². The average molecular weight is 238 g/mol. The summed E-state index contributed by atoms with van der Waals surface area (Å²) in [6.07, 6.45) is 0.942. The lowest BCUT2D eigenvalue weighted by molar-refractivity contribution is 0.502. The van der Waals surface area contributed by atoms with Gasteiger partial charge < -0.3 is 15.5 Å². The summed E-state index contributed by atoms with van der Waals surface area (Å²) in [5.41, 5.74) is 5.38. The highest BCUT2D eigenvalue weighted by molar-refractivity contribution is 7.09. The maximum Gasteiger partial charge on any atom is 0.315 e. The van der Waals surface area contributed by atoms with Gasteiger partial charge in [0.05, 0.1) is 6.54 Å². The summed E-state index contributed by atoms with van der Waals surface area (Å²) in [6.45, 7) is 2.35. The molecule has 1 unspecified atom stereocenters. The van der Waals surface area contributed by atoms with E-state index in [1.807, 2.05) is 6.07 Å². The van der Waals surface area contributed by atoms with Crippen molar-refractivity contribution in [3.05, 3.63) is 28.3 Å². The molecule has 16 heavy (non-hydrogen) atoms. The van der Waals surface area contributed by atoms with Crippen molar-refractivity contribution in [1.29, 1.82) is 0 Å². The molecule has 0 aliphatic carbocycles. The van der Waals surface area contributed by atoms with Crippen LogP contribution < -0.4 is 11.1 Å². The Balaban J connectivity index is 1.89. The monoisotopic (exact) mass is 238 g/mol. The first-order chi connectivity index (χ1) is 7.78. The van der Waals surface area contributed by atoms with Crippen molar-refractivity contribution < 1.29 is 4.42 Å². The van der Waals surface area contributed by atoms with Gasteiger partial charge in [-0.3, -0.25) is 0 Å². The fourth-order valence-electron chi connectivity index (χ4n) is 1.39. The second-order valence-electron chi connectivity index (χ2n) is 3.53. The SMILES string of the molecule is CC(Cc1cccs1)Nc1nnc(CN)o1. The number of anilines is 1. The number of hydrogen-bond acceptors (Lipinski definition) is 6. The lowest BCUT2D eigenvalue weighted by Gasteiger charge is -2.09. The van der Waals surface area contributed by atoms with Crippen LogP contribution in [0.4, 0.5) is 6.01 Å². The summed E-state index contributed by atoms with van der Waals surface area (Å²) in [5.74, 6) is 0.450. The Morgan fingerprint density at radius 1 is 1.56 bits per heavy atom. The first kappa shape index (κ1) is 11.1. The number of hydrogen-bond donors (Lipinski definition) is 2. The Bertz CT molecular complexity index is 426. The fraction of sp³-hybridized carbons (Fsp3) is 0.400. The van der Waals surface area contributed by atoms with Gasteiger partial charge in [-0.2, -0.15) is 0 Å². The highest BCUT2D eigenvalue weighted by Crippen LogP contribution is 2.13. The second kappa shape index (κ2) is 5.09. The molecule has 0 radical (unpaired) electrons. The van der Waals surface area contributed by atoms with Crippen LogP contribution >= 0.6 is 11.3 Å². The molecule has 86 valence electrons. The molecule has 0 bridgehead atoms. The molecule has 0 aliphatic heterocycles. The fourth-order valence-corrected chi connectivity index (χ4v) is 2.22. The van der Waals surface area contributed by atoms with E-state index >= 15 is 0 Å². The molecule has 0 amide bonds. The van der Waals surface area contributed by atoms with Crippen LogP contribution in [0, 0.1) is 0 Å². The Labute approximate surface area is 97.7 Å². The molecule has 3 N–H and O–H groups in total. The number of nitrogens with two attached hydrogens (primary N) is 1. The van der Waals surface area contributed by atoms with Gasteiger partial charge in [0.15, 0.2) is 0 Å². The van der Waals surface area contributed by atoms with Crippen LogP contribution in [0.1, 0.15) is 17.7 Å². The third-order valence-electron chi connectivity index (χ3n) is 2.10. The van der Waals surface area contributed by atoms with Gasteiger partial charge in [-0.1, -0.05) is 11.2 Å². The van der Waals surface area contributed by atoms with Gasteiger partial charge >= 0.3 is 6.01 Å². The van der Waals surface area contributed by atoms with E-state index in [4.69, 9.17) is 10.2 Å². The van der Waals surface area contributed by atoms with Crippen LogP contribution in [0.15, 0.2) is 21.9 Å². The lowest BCUT2D eigenvalue weighted by atomic mass is 10.2. The predicted octanol–water partition coefficient (Wildman–Crippen LogP) is 1.63. The first-order valence-corrected chi connectivity index (χ1v) is 5.97. The van der Waals surface area contributed by atoms with E-state index in [2.05, 4.69) is 33.9 Å². The van der Waals surface area contributed by atoms with Crippen molar-refractivity contribution in [3.63, 3.8) is 0 Å². The zero-order valence-corrected chi connectivity index (χ0v) is 9.83. The summed E-state index contributed by atoms with van der Waals surface area (Å²) >= 11 is 1.74. The molecule has 2 aromatic rings. The Hall–Kier alpha value is -1.40. The van der Waals surface area contributed by atoms with Crippen molar-refractivity contribution in [2.75, 3.05) is 5.32 Å². The van der Waals surface area contributed by atoms with Crippen molar-refractivity contribution >= 4 is 17.4 Å². The molecule has 6 heteroatoms. The zero-order valence-electron chi connectivity index (χ0n) is 9.01. The van der Waals surface area contributed by atoms with Crippen LogP contribution in [0.3, 0.4) is 0 Å². The molecule has 1 atom stereocenters.